The summed E-state index contributed by atoms with van der Waals surface area (Å²) in [5, 5.41) is 2.79. The molecule has 3 aliphatic carbocycles. The van der Waals surface area contributed by atoms with Crippen molar-refractivity contribution in [2.24, 2.45) is 11.8 Å². The van der Waals surface area contributed by atoms with Crippen LogP contribution in [-0.4, -0.2) is 28.7 Å². The Morgan fingerprint density at radius 3 is 1.63 bits per heavy atom. The second-order valence-electron chi connectivity index (χ2n) is 9.19. The molecule has 35 heavy (non-hydrogen) atoms. The molecule has 1 N–H and O–H groups in total. The summed E-state index contributed by atoms with van der Waals surface area (Å²) in [5.74, 6) is -3.30. The zero-order valence-electron chi connectivity index (χ0n) is 18.5. The largest absolute Gasteiger partial charge is 0.324 e. The Morgan fingerprint density at radius 2 is 1.23 bits per heavy atom. The Morgan fingerprint density at radius 1 is 0.829 bits per heavy atom. The molecular formula is C27H19BrCl2N2O3. The number of hydrogen-bond acceptors (Lipinski definition) is 3. The number of carbonyl (C=O) groups excluding carboxylic acids is 3. The topological polar surface area (TPSA) is 66.5 Å². The van der Waals surface area contributed by atoms with Gasteiger partial charge in [-0.2, -0.15) is 0 Å². The van der Waals surface area contributed by atoms with Gasteiger partial charge < -0.3 is 5.32 Å². The fraction of sp³-hybridized carbons (Fsp3) is 0.222. The van der Waals surface area contributed by atoms with E-state index in [1.54, 1.807) is 31.2 Å². The first-order valence-corrected chi connectivity index (χ1v) is 12.8. The van der Waals surface area contributed by atoms with Crippen molar-refractivity contribution in [3.05, 3.63) is 99.5 Å². The standard InChI is InChI=1S/C27H19BrCl2N2O3/c1-14(23(33)31-16-12-10-15(28)11-13-16)32-24(34)21-22(25(32)35)27(30)18-7-3-2-6-17(18)26(21,29)19-8-4-5-9-20(19)27/h2-14,21-22H,1H3,(H,31,33)/t14-,21-,22+,26?,27?/m0/s1. The molecule has 1 saturated heterocycles. The number of nitrogens with zero attached hydrogens (tertiary/aromatic N) is 1. The second kappa shape index (κ2) is 7.66. The number of anilines is 1. The Bertz CT molecular complexity index is 1300. The van der Waals surface area contributed by atoms with Gasteiger partial charge in [-0.15, -0.1) is 23.2 Å². The maximum absolute atomic E-state index is 13.9. The van der Waals surface area contributed by atoms with E-state index < -0.39 is 45.3 Å². The number of hydrogen-bond donors (Lipinski definition) is 1. The van der Waals surface area contributed by atoms with Crippen LogP contribution in [0, 0.1) is 11.8 Å². The Labute approximate surface area is 220 Å². The van der Waals surface area contributed by atoms with Gasteiger partial charge in [-0.05, 0) is 53.4 Å². The second-order valence-corrected chi connectivity index (χ2v) is 11.3. The Hall–Kier alpha value is -2.67. The molecule has 0 unspecified atom stereocenters. The molecule has 8 heteroatoms. The van der Waals surface area contributed by atoms with E-state index in [0.29, 0.717) is 5.69 Å². The average Bonchev–Trinajstić information content (AvgIpc) is 3.14. The van der Waals surface area contributed by atoms with Gasteiger partial charge in [0.25, 0.3) is 0 Å². The van der Waals surface area contributed by atoms with Crippen molar-refractivity contribution in [3.8, 4) is 0 Å². The minimum atomic E-state index is -1.27. The molecule has 2 bridgehead atoms. The summed E-state index contributed by atoms with van der Waals surface area (Å²) in [6, 6.07) is 20.9. The van der Waals surface area contributed by atoms with Crippen molar-refractivity contribution in [1.82, 2.24) is 4.90 Å². The molecule has 7 rings (SSSR count). The van der Waals surface area contributed by atoms with Crippen LogP contribution in [0.25, 0.3) is 0 Å². The highest BCUT2D eigenvalue weighted by Crippen LogP contribution is 2.69. The Kier molecular flexibility index (Phi) is 4.99. The van der Waals surface area contributed by atoms with Gasteiger partial charge in [0.1, 0.15) is 15.8 Å². The predicted octanol–water partition coefficient (Wildman–Crippen LogP) is 5.37. The number of amides is 3. The minimum Gasteiger partial charge on any atom is -0.324 e. The van der Waals surface area contributed by atoms with Gasteiger partial charge in [0.15, 0.2) is 0 Å². The molecule has 0 aromatic heterocycles. The van der Waals surface area contributed by atoms with E-state index in [2.05, 4.69) is 21.2 Å². The van der Waals surface area contributed by atoms with Crippen molar-refractivity contribution in [2.45, 2.75) is 22.7 Å². The molecule has 3 aromatic rings. The van der Waals surface area contributed by atoms with E-state index in [1.165, 1.54) is 0 Å². The summed E-state index contributed by atoms with van der Waals surface area (Å²) in [6.07, 6.45) is 0. The van der Waals surface area contributed by atoms with E-state index in [9.17, 15) is 14.4 Å². The number of halogens is 3. The molecule has 176 valence electrons. The van der Waals surface area contributed by atoms with Crippen molar-refractivity contribution in [1.29, 1.82) is 0 Å². The molecule has 1 heterocycles. The lowest BCUT2D eigenvalue weighted by atomic mass is 9.54. The molecule has 1 fully saturated rings. The SMILES string of the molecule is C[C@@H](C(=O)Nc1ccc(Br)cc1)N1C(=O)[C@@H]2[C@H](C1=O)C1(Cl)c3ccccc3C2(Cl)c2ccccc21. The quantitative estimate of drug-likeness (QED) is 0.341. The van der Waals surface area contributed by atoms with Gasteiger partial charge in [-0.25, -0.2) is 0 Å². The number of carbonyl (C=O) groups is 3. The fourth-order valence-corrected chi connectivity index (χ4v) is 7.33. The summed E-state index contributed by atoms with van der Waals surface area (Å²) in [7, 11) is 0. The zero-order chi connectivity index (χ0) is 24.7. The molecule has 1 aliphatic heterocycles. The van der Waals surface area contributed by atoms with Gasteiger partial charge in [-0.1, -0.05) is 64.5 Å². The molecule has 0 spiro atoms. The van der Waals surface area contributed by atoms with Crippen LogP contribution < -0.4 is 5.32 Å². The molecule has 0 saturated carbocycles. The molecule has 3 atom stereocenters. The summed E-state index contributed by atoms with van der Waals surface area (Å²) in [6.45, 7) is 1.55. The summed E-state index contributed by atoms with van der Waals surface area (Å²) in [5.41, 5.74) is 3.47. The lowest BCUT2D eigenvalue weighted by molar-refractivity contribution is -0.146. The number of nitrogens with one attached hydrogen (secondary N) is 1. The molecular weight excluding hydrogens is 551 g/mol. The molecule has 0 radical (unpaired) electrons. The van der Waals surface area contributed by atoms with Crippen LogP contribution >= 0.6 is 39.1 Å². The smallest absolute Gasteiger partial charge is 0.247 e. The highest BCUT2D eigenvalue weighted by atomic mass is 79.9. The first-order chi connectivity index (χ1) is 16.7. The normalized spacial score (nSPS) is 28.9. The van der Waals surface area contributed by atoms with Crippen molar-refractivity contribution in [3.63, 3.8) is 0 Å². The maximum atomic E-state index is 13.9. The number of likely N-dealkylation sites (tertiary alicyclic amines) is 1. The van der Waals surface area contributed by atoms with Crippen LogP contribution in [0.15, 0.2) is 77.3 Å². The minimum absolute atomic E-state index is 0.470. The highest BCUT2D eigenvalue weighted by molar-refractivity contribution is 9.10. The highest BCUT2D eigenvalue weighted by Gasteiger charge is 2.73. The maximum Gasteiger partial charge on any atom is 0.247 e. The van der Waals surface area contributed by atoms with E-state index in [1.807, 2.05) is 48.5 Å². The van der Waals surface area contributed by atoms with E-state index >= 15 is 0 Å². The molecule has 5 nitrogen and oxygen atoms in total. The van der Waals surface area contributed by atoms with Gasteiger partial charge in [0.05, 0.1) is 11.8 Å². The number of benzene rings is 3. The Balaban J connectivity index is 1.45. The third-order valence-corrected chi connectivity index (χ3v) is 9.31. The van der Waals surface area contributed by atoms with Gasteiger partial charge in [0, 0.05) is 10.2 Å². The van der Waals surface area contributed by atoms with Crippen molar-refractivity contribution in [2.75, 3.05) is 5.32 Å². The molecule has 3 amide bonds. The lowest BCUT2D eigenvalue weighted by Crippen LogP contribution is -2.57. The van der Waals surface area contributed by atoms with Crippen LogP contribution in [0.1, 0.15) is 29.2 Å². The van der Waals surface area contributed by atoms with Crippen LogP contribution in [0.3, 0.4) is 0 Å². The van der Waals surface area contributed by atoms with E-state index in [-0.39, 0.29) is 0 Å². The fourth-order valence-electron chi connectivity index (χ4n) is 5.97. The first-order valence-electron chi connectivity index (χ1n) is 11.2. The number of imide groups is 1. The van der Waals surface area contributed by atoms with Gasteiger partial charge >= 0.3 is 0 Å². The van der Waals surface area contributed by atoms with Crippen molar-refractivity contribution < 1.29 is 14.4 Å². The molecule has 3 aromatic carbocycles. The van der Waals surface area contributed by atoms with Crippen LogP contribution in [0.4, 0.5) is 5.69 Å². The van der Waals surface area contributed by atoms with E-state index in [4.69, 9.17) is 23.2 Å². The first kappa shape index (κ1) is 22.8. The van der Waals surface area contributed by atoms with Gasteiger partial charge in [0.2, 0.25) is 17.7 Å². The summed E-state index contributed by atoms with van der Waals surface area (Å²) in [4.78, 5) is 39.5. The van der Waals surface area contributed by atoms with E-state index in [0.717, 1.165) is 31.6 Å². The molecule has 4 aliphatic rings. The summed E-state index contributed by atoms with van der Waals surface area (Å²) < 4.78 is 0.868. The zero-order valence-corrected chi connectivity index (χ0v) is 21.6. The average molecular weight is 570 g/mol. The third kappa shape index (κ3) is 2.85. The third-order valence-electron chi connectivity index (χ3n) is 7.50. The lowest BCUT2D eigenvalue weighted by Gasteiger charge is -2.54. The van der Waals surface area contributed by atoms with Crippen LogP contribution in [0.2, 0.25) is 0 Å². The number of rotatable bonds is 3. The monoisotopic (exact) mass is 568 g/mol. The van der Waals surface area contributed by atoms with Gasteiger partial charge in [-0.3, -0.25) is 19.3 Å². The predicted molar refractivity (Wildman–Crippen MR) is 137 cm³/mol. The van der Waals surface area contributed by atoms with Crippen LogP contribution in [0.5, 0.6) is 0 Å². The summed E-state index contributed by atoms with van der Waals surface area (Å²) >= 11 is 18.2. The number of alkyl halides is 2. The van der Waals surface area contributed by atoms with Crippen molar-refractivity contribution >= 4 is 62.5 Å². The van der Waals surface area contributed by atoms with Crippen LogP contribution in [-0.2, 0) is 24.1 Å².